The molecule has 0 spiro atoms. The molecule has 1 heterocycles. The van der Waals surface area contributed by atoms with Crippen LogP contribution >= 0.6 is 11.8 Å². The van der Waals surface area contributed by atoms with Gasteiger partial charge in [0, 0.05) is 5.25 Å². The van der Waals surface area contributed by atoms with E-state index in [9.17, 15) is 14.7 Å². The van der Waals surface area contributed by atoms with Gasteiger partial charge in [-0.2, -0.15) is 0 Å². The summed E-state index contributed by atoms with van der Waals surface area (Å²) in [5.41, 5.74) is -0.620. The largest absolute Gasteiger partial charge is 0.467 e. The molecule has 0 aromatic carbocycles. The van der Waals surface area contributed by atoms with Crippen molar-refractivity contribution >= 4 is 23.8 Å². The summed E-state index contributed by atoms with van der Waals surface area (Å²) >= 11 is 1.74. The molecular formula is C18H31NO5S. The fourth-order valence-electron chi connectivity index (χ4n) is 2.52. The Kier molecular flexibility index (Phi) is 8.79. The summed E-state index contributed by atoms with van der Waals surface area (Å²) in [7, 11) is 1.31. The molecule has 0 bridgehead atoms. The van der Waals surface area contributed by atoms with E-state index in [0.717, 1.165) is 25.7 Å². The number of nitrogens with one attached hydrogen (secondary N) is 1. The third kappa shape index (κ3) is 9.16. The van der Waals surface area contributed by atoms with Crippen LogP contribution in [0, 0.1) is 0 Å². The molecule has 3 unspecified atom stereocenters. The number of thioether (sulfide) groups is 1. The van der Waals surface area contributed by atoms with Gasteiger partial charge in [0.1, 0.15) is 11.6 Å². The molecule has 0 fully saturated rings. The number of methoxy groups -OCH3 is 1. The molecule has 144 valence electrons. The van der Waals surface area contributed by atoms with E-state index in [1.807, 2.05) is 0 Å². The Hall–Kier alpha value is -1.21. The summed E-state index contributed by atoms with van der Waals surface area (Å²) < 4.78 is 10.0. The number of allylic oxidation sites excluding steroid dienone is 2. The number of rotatable bonds is 8. The van der Waals surface area contributed by atoms with E-state index in [4.69, 9.17) is 9.47 Å². The summed E-state index contributed by atoms with van der Waals surface area (Å²) in [4.78, 5) is 25.2. The number of hydrogen-bond donors (Lipinski definition) is 2. The molecule has 0 aromatic rings. The van der Waals surface area contributed by atoms with Crippen molar-refractivity contribution in [2.75, 3.05) is 7.11 Å². The molecule has 2 N–H and O–H groups in total. The van der Waals surface area contributed by atoms with Crippen LogP contribution in [-0.2, 0) is 14.3 Å². The van der Waals surface area contributed by atoms with E-state index < -0.39 is 23.7 Å². The lowest BCUT2D eigenvalue weighted by Crippen LogP contribution is -2.45. The van der Waals surface area contributed by atoms with Crippen molar-refractivity contribution in [1.29, 1.82) is 0 Å². The SMILES string of the molecule is COC(=O)C(CC1CC=C(CCCC(C)O)S1)NC(=O)OC(C)(C)C. The molecule has 1 rings (SSSR count). The van der Waals surface area contributed by atoms with Crippen molar-refractivity contribution in [3.05, 3.63) is 11.0 Å². The normalized spacial score (nSPS) is 19.8. The van der Waals surface area contributed by atoms with Crippen molar-refractivity contribution in [3.63, 3.8) is 0 Å². The molecule has 3 atom stereocenters. The summed E-state index contributed by atoms with van der Waals surface area (Å²) in [6.07, 6.45) is 5.31. The van der Waals surface area contributed by atoms with E-state index in [1.54, 1.807) is 39.5 Å². The molecular weight excluding hydrogens is 342 g/mol. The van der Waals surface area contributed by atoms with Gasteiger partial charge in [0.05, 0.1) is 13.2 Å². The first-order valence-electron chi connectivity index (χ1n) is 8.72. The number of amides is 1. The second-order valence-electron chi connectivity index (χ2n) is 7.34. The maximum atomic E-state index is 12.0. The van der Waals surface area contributed by atoms with Crippen LogP contribution in [0.1, 0.15) is 59.8 Å². The highest BCUT2D eigenvalue weighted by Gasteiger charge is 2.29. The van der Waals surface area contributed by atoms with Crippen LogP contribution in [0.25, 0.3) is 0 Å². The summed E-state index contributed by atoms with van der Waals surface area (Å²) in [5, 5.41) is 12.2. The van der Waals surface area contributed by atoms with Crippen LogP contribution in [0.3, 0.4) is 0 Å². The van der Waals surface area contributed by atoms with E-state index in [2.05, 4.69) is 11.4 Å². The monoisotopic (exact) mass is 373 g/mol. The average molecular weight is 374 g/mol. The highest BCUT2D eigenvalue weighted by molar-refractivity contribution is 8.03. The van der Waals surface area contributed by atoms with Gasteiger partial charge in [0.2, 0.25) is 0 Å². The molecule has 6 nitrogen and oxygen atoms in total. The third-order valence-electron chi connectivity index (χ3n) is 3.65. The third-order valence-corrected chi connectivity index (χ3v) is 5.04. The number of carbonyl (C=O) groups excluding carboxylic acids is 2. The minimum atomic E-state index is -0.720. The lowest BCUT2D eigenvalue weighted by atomic mass is 10.1. The van der Waals surface area contributed by atoms with Crippen molar-refractivity contribution in [1.82, 2.24) is 5.32 Å². The Morgan fingerprint density at radius 2 is 2.12 bits per heavy atom. The Balaban J connectivity index is 2.49. The van der Waals surface area contributed by atoms with Gasteiger partial charge in [-0.1, -0.05) is 6.08 Å². The number of esters is 1. The lowest BCUT2D eigenvalue weighted by Gasteiger charge is -2.24. The standard InChI is InChI=1S/C18H31NO5S/c1-12(20)7-6-8-13-9-10-14(25-13)11-15(16(21)23-5)19-17(22)24-18(2,3)4/h9,12,14-15,20H,6-8,10-11H2,1-5H3,(H,19,22). The van der Waals surface area contributed by atoms with Gasteiger partial charge in [-0.3, -0.25) is 0 Å². The molecule has 25 heavy (non-hydrogen) atoms. The molecule has 1 aliphatic rings. The highest BCUT2D eigenvalue weighted by atomic mass is 32.2. The number of aliphatic hydroxyl groups excluding tert-OH is 1. The number of hydrogen-bond acceptors (Lipinski definition) is 6. The predicted molar refractivity (Wildman–Crippen MR) is 99.4 cm³/mol. The second-order valence-corrected chi connectivity index (χ2v) is 8.77. The fourth-order valence-corrected chi connectivity index (χ4v) is 3.88. The molecule has 7 heteroatoms. The van der Waals surface area contributed by atoms with Gasteiger partial charge >= 0.3 is 12.1 Å². The maximum Gasteiger partial charge on any atom is 0.408 e. The highest BCUT2D eigenvalue weighted by Crippen LogP contribution is 2.37. The fraction of sp³-hybridized carbons (Fsp3) is 0.778. The number of alkyl carbamates (subject to hydrolysis) is 1. The van der Waals surface area contributed by atoms with Crippen molar-refractivity contribution in [2.45, 2.75) is 82.8 Å². The van der Waals surface area contributed by atoms with E-state index in [-0.39, 0.29) is 11.4 Å². The Morgan fingerprint density at radius 3 is 2.68 bits per heavy atom. The van der Waals surface area contributed by atoms with Gasteiger partial charge in [0.15, 0.2) is 0 Å². The molecule has 1 amide bonds. The molecule has 0 saturated heterocycles. The topological polar surface area (TPSA) is 84.9 Å². The number of carbonyl (C=O) groups is 2. The molecule has 0 saturated carbocycles. The smallest absolute Gasteiger partial charge is 0.408 e. The van der Waals surface area contributed by atoms with Crippen LogP contribution in [0.2, 0.25) is 0 Å². The first-order chi connectivity index (χ1) is 11.6. The summed E-state index contributed by atoms with van der Waals surface area (Å²) in [6.45, 7) is 7.12. The van der Waals surface area contributed by atoms with Gasteiger partial charge < -0.3 is 19.9 Å². The van der Waals surface area contributed by atoms with Crippen LogP contribution in [-0.4, -0.2) is 47.3 Å². The molecule has 0 aromatic heterocycles. The van der Waals surface area contributed by atoms with Crippen LogP contribution in [0.5, 0.6) is 0 Å². The first-order valence-corrected chi connectivity index (χ1v) is 9.59. The maximum absolute atomic E-state index is 12.0. The van der Waals surface area contributed by atoms with Crippen LogP contribution in [0.15, 0.2) is 11.0 Å². The van der Waals surface area contributed by atoms with Crippen LogP contribution in [0.4, 0.5) is 4.79 Å². The average Bonchev–Trinajstić information content (AvgIpc) is 2.91. The van der Waals surface area contributed by atoms with Crippen molar-refractivity contribution in [3.8, 4) is 0 Å². The zero-order valence-electron chi connectivity index (χ0n) is 15.8. The van der Waals surface area contributed by atoms with Crippen LogP contribution < -0.4 is 5.32 Å². The summed E-state index contributed by atoms with van der Waals surface area (Å²) in [6, 6.07) is -0.720. The first kappa shape index (κ1) is 21.8. The van der Waals surface area contributed by atoms with Crippen molar-refractivity contribution in [2.24, 2.45) is 0 Å². The molecule has 0 radical (unpaired) electrons. The number of aliphatic hydroxyl groups is 1. The van der Waals surface area contributed by atoms with E-state index >= 15 is 0 Å². The Bertz CT molecular complexity index is 484. The second kappa shape index (κ2) is 10.1. The quantitative estimate of drug-likeness (QED) is 0.635. The summed E-state index contributed by atoms with van der Waals surface area (Å²) in [5.74, 6) is -0.464. The minimum absolute atomic E-state index is 0.223. The lowest BCUT2D eigenvalue weighted by molar-refractivity contribution is -0.143. The Morgan fingerprint density at radius 1 is 1.44 bits per heavy atom. The van der Waals surface area contributed by atoms with Gasteiger partial charge in [-0.15, -0.1) is 11.8 Å². The Labute approximate surface area is 154 Å². The minimum Gasteiger partial charge on any atom is -0.467 e. The van der Waals surface area contributed by atoms with Gasteiger partial charge in [-0.25, -0.2) is 9.59 Å². The molecule has 0 aliphatic carbocycles. The van der Waals surface area contributed by atoms with Gasteiger partial charge in [-0.05, 0) is 64.7 Å². The predicted octanol–water partition coefficient (Wildman–Crippen LogP) is 3.38. The number of ether oxygens (including phenoxy) is 2. The van der Waals surface area contributed by atoms with E-state index in [0.29, 0.717) is 6.42 Å². The zero-order valence-corrected chi connectivity index (χ0v) is 16.6. The van der Waals surface area contributed by atoms with Gasteiger partial charge in [0.25, 0.3) is 0 Å². The molecule has 1 aliphatic heterocycles. The zero-order chi connectivity index (χ0) is 19.0. The van der Waals surface area contributed by atoms with E-state index in [1.165, 1.54) is 12.0 Å². The van der Waals surface area contributed by atoms with Crippen molar-refractivity contribution < 1.29 is 24.2 Å².